The lowest BCUT2D eigenvalue weighted by Crippen LogP contribution is -2.08. The minimum Gasteiger partial charge on any atom is -0.487 e. The fourth-order valence-corrected chi connectivity index (χ4v) is 3.53. The summed E-state index contributed by atoms with van der Waals surface area (Å²) in [5.41, 5.74) is 3.29. The Kier molecular flexibility index (Phi) is 5.63. The molecule has 1 N–H and O–H groups in total. The second-order valence-electron chi connectivity index (χ2n) is 6.38. The number of aromatic nitrogens is 2. The zero-order chi connectivity index (χ0) is 20.1. The van der Waals surface area contributed by atoms with E-state index in [0.717, 1.165) is 32.9 Å². The molecule has 0 radical (unpaired) electrons. The molecule has 5 nitrogen and oxygen atoms in total. The minimum atomic E-state index is -0.216. The van der Waals surface area contributed by atoms with Gasteiger partial charge in [0, 0.05) is 28.6 Å². The predicted octanol–water partition coefficient (Wildman–Crippen LogP) is 5.23. The van der Waals surface area contributed by atoms with Crippen molar-refractivity contribution in [3.8, 4) is 5.75 Å². The number of aryl methyl sites for hydroxylation is 1. The number of ether oxygens (including phenoxy) is 1. The number of amides is 1. The Morgan fingerprint density at radius 1 is 1.14 bits per heavy atom. The first-order chi connectivity index (χ1) is 14.2. The maximum absolute atomic E-state index is 12.5. The predicted molar refractivity (Wildman–Crippen MR) is 117 cm³/mol. The van der Waals surface area contributed by atoms with E-state index in [2.05, 4.69) is 15.3 Å². The summed E-state index contributed by atoms with van der Waals surface area (Å²) < 4.78 is 5.90. The molecule has 0 aliphatic carbocycles. The van der Waals surface area contributed by atoms with Gasteiger partial charge < -0.3 is 10.1 Å². The van der Waals surface area contributed by atoms with Gasteiger partial charge in [-0.3, -0.25) is 9.78 Å². The standard InChI is InChI=1S/C23H19N3O2S/c1-16-25-18(15-29-16)14-28-22-10-3-2-6-17(22)11-12-23(27)26-21-9-4-8-20-19(21)7-5-13-24-20/h2-13,15H,14H2,1H3,(H,26,27)/b12-11+. The van der Waals surface area contributed by atoms with Crippen LogP contribution in [0.3, 0.4) is 0 Å². The third-order valence-electron chi connectivity index (χ3n) is 4.28. The molecule has 6 heteroatoms. The van der Waals surface area contributed by atoms with Gasteiger partial charge in [-0.25, -0.2) is 4.98 Å². The van der Waals surface area contributed by atoms with Crippen molar-refractivity contribution in [2.45, 2.75) is 13.5 Å². The maximum Gasteiger partial charge on any atom is 0.248 e. The van der Waals surface area contributed by atoms with Crippen molar-refractivity contribution in [2.75, 3.05) is 5.32 Å². The Morgan fingerprint density at radius 3 is 2.90 bits per heavy atom. The van der Waals surface area contributed by atoms with Crippen LogP contribution in [-0.4, -0.2) is 15.9 Å². The van der Waals surface area contributed by atoms with E-state index in [1.165, 1.54) is 6.08 Å². The van der Waals surface area contributed by atoms with E-state index in [4.69, 9.17) is 4.74 Å². The lowest BCUT2D eigenvalue weighted by molar-refractivity contribution is -0.111. The molecule has 144 valence electrons. The summed E-state index contributed by atoms with van der Waals surface area (Å²) in [5, 5.41) is 6.82. The number of benzene rings is 2. The van der Waals surface area contributed by atoms with Crippen molar-refractivity contribution in [2.24, 2.45) is 0 Å². The van der Waals surface area contributed by atoms with Gasteiger partial charge in [-0.15, -0.1) is 11.3 Å². The van der Waals surface area contributed by atoms with E-state index in [9.17, 15) is 4.79 Å². The topological polar surface area (TPSA) is 64.1 Å². The summed E-state index contributed by atoms with van der Waals surface area (Å²) in [6.45, 7) is 2.36. The second kappa shape index (κ2) is 8.67. The highest BCUT2D eigenvalue weighted by Crippen LogP contribution is 2.23. The molecule has 0 atom stereocenters. The van der Waals surface area contributed by atoms with Crippen LogP contribution in [0.15, 0.2) is 72.3 Å². The Hall–Kier alpha value is -3.51. The van der Waals surface area contributed by atoms with E-state index in [1.807, 2.05) is 66.9 Å². The number of nitrogens with one attached hydrogen (secondary N) is 1. The van der Waals surface area contributed by atoms with Crippen LogP contribution in [0.4, 0.5) is 5.69 Å². The number of carbonyl (C=O) groups is 1. The first kappa shape index (κ1) is 18.8. The third kappa shape index (κ3) is 4.67. The molecule has 0 bridgehead atoms. The van der Waals surface area contributed by atoms with Crippen molar-refractivity contribution < 1.29 is 9.53 Å². The van der Waals surface area contributed by atoms with Crippen molar-refractivity contribution >= 4 is 39.9 Å². The SMILES string of the molecule is Cc1nc(COc2ccccc2/C=C/C(=O)Nc2cccc3ncccc23)cs1. The van der Waals surface area contributed by atoms with Gasteiger partial charge in [0.1, 0.15) is 12.4 Å². The zero-order valence-electron chi connectivity index (χ0n) is 15.8. The first-order valence-electron chi connectivity index (χ1n) is 9.15. The quantitative estimate of drug-likeness (QED) is 0.449. The Labute approximate surface area is 172 Å². The molecule has 2 aromatic carbocycles. The zero-order valence-corrected chi connectivity index (χ0v) is 16.6. The van der Waals surface area contributed by atoms with Crippen molar-refractivity contribution in [3.05, 3.63) is 88.5 Å². The minimum absolute atomic E-state index is 0.216. The fourth-order valence-electron chi connectivity index (χ4n) is 2.93. The van der Waals surface area contributed by atoms with Gasteiger partial charge in [0.15, 0.2) is 0 Å². The number of anilines is 1. The number of rotatable bonds is 6. The van der Waals surface area contributed by atoms with Crippen LogP contribution < -0.4 is 10.1 Å². The average molecular weight is 401 g/mol. The van der Waals surface area contributed by atoms with E-state index in [0.29, 0.717) is 12.4 Å². The molecular formula is C23H19N3O2S. The Bertz CT molecular complexity index is 1180. The third-order valence-corrected chi connectivity index (χ3v) is 5.10. The molecule has 0 fully saturated rings. The van der Waals surface area contributed by atoms with Gasteiger partial charge in [-0.2, -0.15) is 0 Å². The lowest BCUT2D eigenvalue weighted by atomic mass is 10.1. The highest BCUT2D eigenvalue weighted by Gasteiger charge is 2.06. The molecular weight excluding hydrogens is 382 g/mol. The molecule has 0 saturated carbocycles. The summed E-state index contributed by atoms with van der Waals surface area (Å²) in [4.78, 5) is 21.2. The van der Waals surface area contributed by atoms with Crippen LogP contribution in [0.1, 0.15) is 16.3 Å². The molecule has 4 aromatic rings. The lowest BCUT2D eigenvalue weighted by Gasteiger charge is -2.08. The average Bonchev–Trinajstić information content (AvgIpc) is 3.17. The van der Waals surface area contributed by atoms with Gasteiger partial charge in [-0.05, 0) is 43.3 Å². The smallest absolute Gasteiger partial charge is 0.248 e. The van der Waals surface area contributed by atoms with Gasteiger partial charge in [-0.1, -0.05) is 24.3 Å². The molecule has 0 saturated heterocycles. The van der Waals surface area contributed by atoms with E-state index in [-0.39, 0.29) is 5.91 Å². The largest absolute Gasteiger partial charge is 0.487 e. The van der Waals surface area contributed by atoms with Gasteiger partial charge in [0.25, 0.3) is 0 Å². The van der Waals surface area contributed by atoms with Crippen LogP contribution in [-0.2, 0) is 11.4 Å². The number of thiazole rings is 1. The summed E-state index contributed by atoms with van der Waals surface area (Å²) in [5.74, 6) is 0.489. The van der Waals surface area contributed by atoms with Crippen LogP contribution in [0.5, 0.6) is 5.75 Å². The van der Waals surface area contributed by atoms with E-state index < -0.39 is 0 Å². The summed E-state index contributed by atoms with van der Waals surface area (Å²) in [6, 6.07) is 17.0. The molecule has 29 heavy (non-hydrogen) atoms. The van der Waals surface area contributed by atoms with Crippen LogP contribution in [0.2, 0.25) is 0 Å². The van der Waals surface area contributed by atoms with Crippen LogP contribution >= 0.6 is 11.3 Å². The van der Waals surface area contributed by atoms with Gasteiger partial charge >= 0.3 is 0 Å². The molecule has 2 heterocycles. The number of hydrogen-bond acceptors (Lipinski definition) is 5. The van der Waals surface area contributed by atoms with Crippen molar-refractivity contribution in [1.29, 1.82) is 0 Å². The molecule has 4 rings (SSSR count). The van der Waals surface area contributed by atoms with Crippen LogP contribution in [0.25, 0.3) is 17.0 Å². The van der Waals surface area contributed by atoms with Gasteiger partial charge in [0.2, 0.25) is 5.91 Å². The monoisotopic (exact) mass is 401 g/mol. The Balaban J connectivity index is 1.46. The van der Waals surface area contributed by atoms with Crippen LogP contribution in [0, 0.1) is 6.92 Å². The van der Waals surface area contributed by atoms with Gasteiger partial charge in [0.05, 0.1) is 21.9 Å². The molecule has 0 unspecified atom stereocenters. The maximum atomic E-state index is 12.5. The van der Waals surface area contributed by atoms with Crippen molar-refractivity contribution in [3.63, 3.8) is 0 Å². The highest BCUT2D eigenvalue weighted by atomic mass is 32.1. The highest BCUT2D eigenvalue weighted by molar-refractivity contribution is 7.09. The number of nitrogens with zero attached hydrogens (tertiary/aromatic N) is 2. The number of pyridine rings is 1. The Morgan fingerprint density at radius 2 is 2.03 bits per heavy atom. The summed E-state index contributed by atoms with van der Waals surface area (Å²) in [6.07, 6.45) is 4.99. The number of fused-ring (bicyclic) bond motifs is 1. The second-order valence-corrected chi connectivity index (χ2v) is 7.44. The summed E-state index contributed by atoms with van der Waals surface area (Å²) >= 11 is 1.60. The molecule has 1 amide bonds. The normalized spacial score (nSPS) is 11.1. The molecule has 0 spiro atoms. The number of para-hydroxylation sites is 1. The molecule has 2 aromatic heterocycles. The fraction of sp³-hybridized carbons (Fsp3) is 0.0870. The number of hydrogen-bond donors (Lipinski definition) is 1. The molecule has 0 aliphatic heterocycles. The summed E-state index contributed by atoms with van der Waals surface area (Å²) in [7, 11) is 0. The molecule has 0 aliphatic rings. The number of carbonyl (C=O) groups excluding carboxylic acids is 1. The first-order valence-corrected chi connectivity index (χ1v) is 10.0. The van der Waals surface area contributed by atoms with Crippen molar-refractivity contribution in [1.82, 2.24) is 9.97 Å². The van der Waals surface area contributed by atoms with E-state index >= 15 is 0 Å². The van der Waals surface area contributed by atoms with E-state index in [1.54, 1.807) is 23.6 Å².